The smallest absolute Gasteiger partial charge is 0.337 e. The molecule has 0 spiro atoms. The first-order chi connectivity index (χ1) is 9.27. The summed E-state index contributed by atoms with van der Waals surface area (Å²) < 4.78 is 33.2. The van der Waals surface area contributed by atoms with Gasteiger partial charge in [-0.3, -0.25) is 0 Å². The van der Waals surface area contributed by atoms with Gasteiger partial charge >= 0.3 is 5.97 Å². The molecule has 0 aromatic heterocycles. The summed E-state index contributed by atoms with van der Waals surface area (Å²) in [6.45, 7) is 3.21. The van der Waals surface area contributed by atoms with E-state index in [0.29, 0.717) is 11.3 Å². The summed E-state index contributed by atoms with van der Waals surface area (Å²) in [7, 11) is -1.90. The molecule has 20 heavy (non-hydrogen) atoms. The second-order valence-corrected chi connectivity index (χ2v) is 7.19. The van der Waals surface area contributed by atoms with E-state index in [1.54, 1.807) is 13.8 Å². The fraction of sp³-hybridized carbons (Fsp3) is 0.462. The van der Waals surface area contributed by atoms with Crippen molar-refractivity contribution in [3.8, 4) is 5.75 Å². The number of carbonyl (C=O) groups is 1. The van der Waals surface area contributed by atoms with E-state index in [1.807, 2.05) is 0 Å². The maximum absolute atomic E-state index is 11.6. The number of benzene rings is 1. The van der Waals surface area contributed by atoms with Gasteiger partial charge in [-0.25, -0.2) is 13.2 Å². The number of hydrogen-bond donors (Lipinski definition) is 1. The normalized spacial score (nSPS) is 11.4. The molecule has 0 saturated heterocycles. The lowest BCUT2D eigenvalue weighted by Gasteiger charge is -2.11. The minimum Gasteiger partial charge on any atom is -0.490 e. The van der Waals surface area contributed by atoms with E-state index in [0.717, 1.165) is 0 Å². The Morgan fingerprint density at radius 2 is 2.00 bits per heavy atom. The molecule has 0 saturated carbocycles. The Labute approximate surface area is 118 Å². The lowest BCUT2D eigenvalue weighted by atomic mass is 10.2. The maximum Gasteiger partial charge on any atom is 0.337 e. The molecule has 0 aliphatic heterocycles. The van der Waals surface area contributed by atoms with E-state index in [9.17, 15) is 13.2 Å². The molecule has 2 N–H and O–H groups in total. The molecular formula is C13H19NO5S. The number of carbonyl (C=O) groups excluding carboxylic acids is 1. The number of nitrogens with two attached hydrogens (primary N) is 1. The molecule has 0 heterocycles. The predicted octanol–water partition coefficient (Wildman–Crippen LogP) is 1.26. The van der Waals surface area contributed by atoms with Crippen LogP contribution < -0.4 is 10.5 Å². The zero-order chi connectivity index (χ0) is 15.3. The van der Waals surface area contributed by atoms with Crippen molar-refractivity contribution in [1.82, 2.24) is 0 Å². The molecule has 0 bridgehead atoms. The molecule has 0 unspecified atom stereocenters. The minimum atomic E-state index is -3.17. The summed E-state index contributed by atoms with van der Waals surface area (Å²) >= 11 is 0. The summed E-state index contributed by atoms with van der Waals surface area (Å²) in [4.78, 5) is 11.4. The molecule has 0 aliphatic rings. The van der Waals surface area contributed by atoms with Crippen molar-refractivity contribution in [1.29, 1.82) is 0 Å². The maximum atomic E-state index is 11.6. The lowest BCUT2D eigenvalue weighted by Crippen LogP contribution is -2.22. The third kappa shape index (κ3) is 4.12. The van der Waals surface area contributed by atoms with Crippen LogP contribution in [0.1, 0.15) is 24.2 Å². The summed E-state index contributed by atoms with van der Waals surface area (Å²) in [5, 5.41) is -0.454. The Morgan fingerprint density at radius 1 is 1.35 bits per heavy atom. The Morgan fingerprint density at radius 3 is 2.55 bits per heavy atom. The van der Waals surface area contributed by atoms with E-state index < -0.39 is 21.1 Å². The standard InChI is InChI=1S/C13H19NO5S/c1-9(2)20(16,17)7-6-19-12-8-10(13(15)18-3)4-5-11(12)14/h4-5,8-9H,6-7,14H2,1-3H3. The van der Waals surface area contributed by atoms with Gasteiger partial charge in [0, 0.05) is 0 Å². The molecule has 1 rings (SSSR count). The van der Waals surface area contributed by atoms with Crippen molar-refractivity contribution >= 4 is 21.5 Å². The second-order valence-electron chi connectivity index (χ2n) is 4.51. The highest BCUT2D eigenvalue weighted by Crippen LogP contribution is 2.23. The zero-order valence-electron chi connectivity index (χ0n) is 11.8. The topological polar surface area (TPSA) is 95.7 Å². The summed E-state index contributed by atoms with van der Waals surface area (Å²) in [6, 6.07) is 4.46. The largest absolute Gasteiger partial charge is 0.490 e. The molecule has 0 amide bonds. The lowest BCUT2D eigenvalue weighted by molar-refractivity contribution is 0.0600. The SMILES string of the molecule is COC(=O)c1ccc(N)c(OCCS(=O)(=O)C(C)C)c1. The van der Waals surface area contributed by atoms with Gasteiger partial charge < -0.3 is 15.2 Å². The first-order valence-electron chi connectivity index (χ1n) is 6.10. The highest BCUT2D eigenvalue weighted by Gasteiger charge is 2.16. The molecule has 6 nitrogen and oxygen atoms in total. The summed E-state index contributed by atoms with van der Waals surface area (Å²) in [6.07, 6.45) is 0. The Balaban J connectivity index is 2.76. The second kappa shape index (κ2) is 6.60. The highest BCUT2D eigenvalue weighted by atomic mass is 32.2. The summed E-state index contributed by atoms with van der Waals surface area (Å²) in [5.41, 5.74) is 6.34. The fourth-order valence-electron chi connectivity index (χ4n) is 1.41. The number of ether oxygens (including phenoxy) is 2. The van der Waals surface area contributed by atoms with Gasteiger partial charge in [0.05, 0.1) is 29.4 Å². The van der Waals surface area contributed by atoms with Crippen LogP contribution in [-0.2, 0) is 14.6 Å². The number of methoxy groups -OCH3 is 1. The van der Waals surface area contributed by atoms with E-state index in [1.165, 1.54) is 25.3 Å². The van der Waals surface area contributed by atoms with Crippen molar-refractivity contribution < 1.29 is 22.7 Å². The quantitative estimate of drug-likeness (QED) is 0.627. The Hall–Kier alpha value is -1.76. The van der Waals surface area contributed by atoms with Crippen LogP contribution in [0.2, 0.25) is 0 Å². The van der Waals surface area contributed by atoms with Crippen LogP contribution >= 0.6 is 0 Å². The van der Waals surface area contributed by atoms with E-state index in [-0.39, 0.29) is 18.1 Å². The van der Waals surface area contributed by atoms with Crippen molar-refractivity contribution in [3.63, 3.8) is 0 Å². The molecule has 112 valence electrons. The van der Waals surface area contributed by atoms with Gasteiger partial charge in [-0.2, -0.15) is 0 Å². The highest BCUT2D eigenvalue weighted by molar-refractivity contribution is 7.91. The molecule has 0 aliphatic carbocycles. The molecule has 1 aromatic carbocycles. The average molecular weight is 301 g/mol. The van der Waals surface area contributed by atoms with Gasteiger partial charge in [0.2, 0.25) is 0 Å². The molecule has 0 fully saturated rings. The van der Waals surface area contributed by atoms with Gasteiger partial charge in [0.25, 0.3) is 0 Å². The monoisotopic (exact) mass is 301 g/mol. The van der Waals surface area contributed by atoms with Crippen molar-refractivity contribution in [3.05, 3.63) is 23.8 Å². The van der Waals surface area contributed by atoms with E-state index in [2.05, 4.69) is 4.74 Å². The number of anilines is 1. The van der Waals surface area contributed by atoms with Crippen molar-refractivity contribution in [2.24, 2.45) is 0 Å². The van der Waals surface area contributed by atoms with Crippen molar-refractivity contribution in [2.45, 2.75) is 19.1 Å². The van der Waals surface area contributed by atoms with Crippen LogP contribution in [0.4, 0.5) is 5.69 Å². The van der Waals surface area contributed by atoms with Crippen LogP contribution in [0.5, 0.6) is 5.75 Å². The van der Waals surface area contributed by atoms with Gasteiger partial charge in [0.1, 0.15) is 12.4 Å². The third-order valence-electron chi connectivity index (χ3n) is 2.78. The van der Waals surface area contributed by atoms with Crippen LogP contribution in [0.3, 0.4) is 0 Å². The Kier molecular flexibility index (Phi) is 5.38. The zero-order valence-corrected chi connectivity index (χ0v) is 12.6. The molecule has 7 heteroatoms. The van der Waals surface area contributed by atoms with E-state index in [4.69, 9.17) is 10.5 Å². The average Bonchev–Trinajstić information content (AvgIpc) is 2.39. The minimum absolute atomic E-state index is 0.0185. The van der Waals surface area contributed by atoms with Gasteiger partial charge in [-0.1, -0.05) is 0 Å². The number of rotatable bonds is 6. The number of nitrogen functional groups attached to an aromatic ring is 1. The number of esters is 1. The van der Waals surface area contributed by atoms with Gasteiger partial charge in [0.15, 0.2) is 9.84 Å². The molecule has 0 radical (unpaired) electrons. The van der Waals surface area contributed by atoms with Gasteiger partial charge in [-0.05, 0) is 32.0 Å². The predicted molar refractivity (Wildman–Crippen MR) is 76.6 cm³/mol. The van der Waals surface area contributed by atoms with Crippen LogP contribution in [-0.4, -0.2) is 39.1 Å². The first kappa shape index (κ1) is 16.3. The molecule has 0 atom stereocenters. The first-order valence-corrected chi connectivity index (χ1v) is 7.81. The third-order valence-corrected chi connectivity index (χ3v) is 4.95. The van der Waals surface area contributed by atoms with E-state index >= 15 is 0 Å². The van der Waals surface area contributed by atoms with Crippen LogP contribution in [0.15, 0.2) is 18.2 Å². The fourth-order valence-corrected chi connectivity index (χ4v) is 2.19. The van der Waals surface area contributed by atoms with Gasteiger partial charge in [-0.15, -0.1) is 0 Å². The summed E-state index contributed by atoms with van der Waals surface area (Å²) in [5.74, 6) is -0.344. The Bertz CT molecular complexity index is 580. The number of hydrogen-bond acceptors (Lipinski definition) is 6. The van der Waals surface area contributed by atoms with Crippen LogP contribution in [0.25, 0.3) is 0 Å². The van der Waals surface area contributed by atoms with Crippen molar-refractivity contribution in [2.75, 3.05) is 25.2 Å². The number of sulfone groups is 1. The molecule has 1 aromatic rings. The van der Waals surface area contributed by atoms with Crippen LogP contribution in [0, 0.1) is 0 Å². The molecular weight excluding hydrogens is 282 g/mol.